The Bertz CT molecular complexity index is 586. The molecule has 0 radical (unpaired) electrons. The van der Waals surface area contributed by atoms with Crippen LogP contribution in [0.25, 0.3) is 0 Å². The van der Waals surface area contributed by atoms with Gasteiger partial charge in [0.25, 0.3) is 0 Å². The van der Waals surface area contributed by atoms with Gasteiger partial charge in [0.15, 0.2) is 0 Å². The summed E-state index contributed by atoms with van der Waals surface area (Å²) in [6, 6.07) is 9.44. The number of halogens is 3. The van der Waals surface area contributed by atoms with Gasteiger partial charge in [0.1, 0.15) is 11.9 Å². The molecule has 0 bridgehead atoms. The first kappa shape index (κ1) is 13.5. The molecule has 18 heavy (non-hydrogen) atoms. The lowest BCUT2D eigenvalue weighted by atomic mass is 10.00. The molecule has 0 amide bonds. The Balaban J connectivity index is 2.44. The Morgan fingerprint density at radius 1 is 1.22 bits per heavy atom. The highest BCUT2D eigenvalue weighted by atomic mass is 79.9. The lowest BCUT2D eigenvalue weighted by molar-refractivity contribution is 0.220. The van der Waals surface area contributed by atoms with Crippen molar-refractivity contribution in [3.05, 3.63) is 68.4 Å². The van der Waals surface area contributed by atoms with Gasteiger partial charge in [-0.3, -0.25) is 0 Å². The molecule has 0 heterocycles. The van der Waals surface area contributed by atoms with Crippen LogP contribution in [0.15, 0.2) is 40.9 Å². The quantitative estimate of drug-likeness (QED) is 0.851. The van der Waals surface area contributed by atoms with Crippen LogP contribution in [-0.2, 0) is 0 Å². The third-order valence-corrected chi connectivity index (χ3v) is 3.98. The highest BCUT2D eigenvalue weighted by Crippen LogP contribution is 2.30. The molecule has 1 N–H and O–H groups in total. The summed E-state index contributed by atoms with van der Waals surface area (Å²) in [6.07, 6.45) is -0.931. The maximum Gasteiger partial charge on any atom is 0.123 e. The van der Waals surface area contributed by atoms with E-state index in [2.05, 4.69) is 15.9 Å². The maximum atomic E-state index is 13.2. The topological polar surface area (TPSA) is 20.2 Å². The highest BCUT2D eigenvalue weighted by molar-refractivity contribution is 9.10. The zero-order chi connectivity index (χ0) is 13.3. The SMILES string of the molecule is Cc1cc(C(O)c2cc(F)ccc2Cl)ccc1Br. The Hall–Kier alpha value is -0.900. The van der Waals surface area contributed by atoms with Crippen LogP contribution < -0.4 is 0 Å². The highest BCUT2D eigenvalue weighted by Gasteiger charge is 2.15. The monoisotopic (exact) mass is 328 g/mol. The van der Waals surface area contributed by atoms with Gasteiger partial charge >= 0.3 is 0 Å². The molecule has 0 saturated carbocycles. The average molecular weight is 330 g/mol. The third kappa shape index (κ3) is 2.74. The molecule has 2 aromatic rings. The molecule has 2 aromatic carbocycles. The Morgan fingerprint density at radius 3 is 2.61 bits per heavy atom. The smallest absolute Gasteiger partial charge is 0.123 e. The fourth-order valence-corrected chi connectivity index (χ4v) is 2.21. The number of aryl methyl sites for hydroxylation is 1. The molecule has 0 aliphatic heterocycles. The summed E-state index contributed by atoms with van der Waals surface area (Å²) in [7, 11) is 0. The van der Waals surface area contributed by atoms with E-state index in [9.17, 15) is 9.50 Å². The Labute approximate surface area is 118 Å². The predicted molar refractivity (Wildman–Crippen MR) is 74.4 cm³/mol. The molecular weight excluding hydrogens is 319 g/mol. The minimum Gasteiger partial charge on any atom is -0.384 e. The van der Waals surface area contributed by atoms with Crippen LogP contribution in [0.5, 0.6) is 0 Å². The van der Waals surface area contributed by atoms with Crippen LogP contribution >= 0.6 is 27.5 Å². The average Bonchev–Trinajstić information content (AvgIpc) is 2.35. The van der Waals surface area contributed by atoms with E-state index in [0.717, 1.165) is 10.0 Å². The van der Waals surface area contributed by atoms with E-state index >= 15 is 0 Å². The summed E-state index contributed by atoms with van der Waals surface area (Å²) in [6.45, 7) is 1.92. The molecule has 0 saturated heterocycles. The van der Waals surface area contributed by atoms with Crippen LogP contribution in [0.1, 0.15) is 22.8 Å². The van der Waals surface area contributed by atoms with Crippen molar-refractivity contribution in [3.8, 4) is 0 Å². The van der Waals surface area contributed by atoms with Gasteiger partial charge in [0.05, 0.1) is 0 Å². The minimum absolute atomic E-state index is 0.351. The van der Waals surface area contributed by atoms with Crippen molar-refractivity contribution in [2.24, 2.45) is 0 Å². The number of aliphatic hydroxyl groups excluding tert-OH is 1. The van der Waals surface area contributed by atoms with Gasteiger partial charge < -0.3 is 5.11 Å². The number of aliphatic hydroxyl groups is 1. The molecule has 0 aliphatic carbocycles. The molecule has 0 spiro atoms. The fourth-order valence-electron chi connectivity index (χ4n) is 1.74. The van der Waals surface area contributed by atoms with Crippen LogP contribution in [0.3, 0.4) is 0 Å². The molecule has 4 heteroatoms. The first-order valence-electron chi connectivity index (χ1n) is 5.38. The van der Waals surface area contributed by atoms with Crippen LogP contribution in [0, 0.1) is 12.7 Å². The number of rotatable bonds is 2. The van der Waals surface area contributed by atoms with Crippen LogP contribution in [0.4, 0.5) is 4.39 Å². The van der Waals surface area contributed by atoms with Crippen molar-refractivity contribution in [1.29, 1.82) is 0 Å². The van der Waals surface area contributed by atoms with Crippen LogP contribution in [-0.4, -0.2) is 5.11 Å². The number of hydrogen-bond acceptors (Lipinski definition) is 1. The van der Waals surface area contributed by atoms with E-state index in [-0.39, 0.29) is 0 Å². The van der Waals surface area contributed by atoms with Crippen LogP contribution in [0.2, 0.25) is 5.02 Å². The van der Waals surface area contributed by atoms with E-state index in [0.29, 0.717) is 16.1 Å². The van der Waals surface area contributed by atoms with Gasteiger partial charge in [-0.15, -0.1) is 0 Å². The first-order valence-corrected chi connectivity index (χ1v) is 6.55. The van der Waals surface area contributed by atoms with Gasteiger partial charge in [-0.2, -0.15) is 0 Å². The molecule has 1 nitrogen and oxygen atoms in total. The van der Waals surface area contributed by atoms with E-state index < -0.39 is 11.9 Å². The van der Waals surface area contributed by atoms with Crippen molar-refractivity contribution in [1.82, 2.24) is 0 Å². The lowest BCUT2D eigenvalue weighted by Crippen LogP contribution is -2.01. The second-order valence-electron chi connectivity index (χ2n) is 4.08. The van der Waals surface area contributed by atoms with E-state index in [1.165, 1.54) is 18.2 Å². The van der Waals surface area contributed by atoms with Crippen molar-refractivity contribution in [3.63, 3.8) is 0 Å². The lowest BCUT2D eigenvalue weighted by Gasteiger charge is -2.14. The molecule has 0 aliphatic rings. The number of hydrogen-bond donors (Lipinski definition) is 1. The summed E-state index contributed by atoms with van der Waals surface area (Å²) in [5.74, 6) is -0.415. The molecule has 0 fully saturated rings. The molecule has 1 atom stereocenters. The summed E-state index contributed by atoms with van der Waals surface area (Å²) in [4.78, 5) is 0. The Kier molecular flexibility index (Phi) is 4.05. The summed E-state index contributed by atoms with van der Waals surface area (Å²) in [5.41, 5.74) is 2.06. The molecular formula is C14H11BrClFO. The second-order valence-corrected chi connectivity index (χ2v) is 5.34. The summed E-state index contributed by atoms with van der Waals surface area (Å²) >= 11 is 9.37. The van der Waals surface area contributed by atoms with Gasteiger partial charge in [0, 0.05) is 15.1 Å². The zero-order valence-corrected chi connectivity index (χ0v) is 12.0. The maximum absolute atomic E-state index is 13.2. The van der Waals surface area contributed by atoms with Crippen molar-refractivity contribution in [2.45, 2.75) is 13.0 Å². The molecule has 0 aromatic heterocycles. The molecule has 2 rings (SSSR count). The van der Waals surface area contributed by atoms with Gasteiger partial charge in [-0.1, -0.05) is 39.7 Å². The van der Waals surface area contributed by atoms with Gasteiger partial charge in [0.2, 0.25) is 0 Å². The molecule has 1 unspecified atom stereocenters. The van der Waals surface area contributed by atoms with Gasteiger partial charge in [-0.05, 0) is 42.3 Å². The first-order chi connectivity index (χ1) is 8.49. The standard InChI is InChI=1S/C14H11BrClFO/c1-8-6-9(2-4-12(8)15)14(18)11-7-10(17)3-5-13(11)16/h2-7,14,18H,1H3. The van der Waals surface area contributed by atoms with Crippen molar-refractivity contribution in [2.75, 3.05) is 0 Å². The second kappa shape index (κ2) is 5.39. The zero-order valence-electron chi connectivity index (χ0n) is 9.62. The normalized spacial score (nSPS) is 12.5. The third-order valence-electron chi connectivity index (χ3n) is 2.75. The predicted octanol–water partition coefficient (Wildman–Crippen LogP) is 4.63. The van der Waals surface area contributed by atoms with Gasteiger partial charge in [-0.25, -0.2) is 4.39 Å². The fraction of sp³-hybridized carbons (Fsp3) is 0.143. The van der Waals surface area contributed by atoms with E-state index in [1.807, 2.05) is 19.1 Å². The van der Waals surface area contributed by atoms with Crippen molar-refractivity contribution >= 4 is 27.5 Å². The molecule has 94 valence electrons. The Morgan fingerprint density at radius 2 is 1.94 bits per heavy atom. The largest absolute Gasteiger partial charge is 0.384 e. The summed E-state index contributed by atoms with van der Waals surface area (Å²) in [5, 5.41) is 10.6. The van der Waals surface area contributed by atoms with E-state index in [4.69, 9.17) is 11.6 Å². The van der Waals surface area contributed by atoms with Crippen molar-refractivity contribution < 1.29 is 9.50 Å². The minimum atomic E-state index is -0.931. The number of benzene rings is 2. The summed E-state index contributed by atoms with van der Waals surface area (Å²) < 4.78 is 14.2. The van der Waals surface area contributed by atoms with E-state index in [1.54, 1.807) is 6.07 Å².